The fourth-order valence-electron chi connectivity index (χ4n) is 2.54. The average Bonchev–Trinajstić information content (AvgIpc) is 2.81. The molecule has 0 spiro atoms. The van der Waals surface area contributed by atoms with Crippen molar-refractivity contribution in [1.82, 2.24) is 5.32 Å². The zero-order chi connectivity index (χ0) is 12.6. The number of rotatable bonds is 7. The molecule has 0 unspecified atom stereocenters. The highest BCUT2D eigenvalue weighted by molar-refractivity contribution is 7.10. The maximum atomic E-state index is 5.76. The molecular formula is C15H25NOS. The highest BCUT2D eigenvalue weighted by atomic mass is 32.1. The summed E-state index contributed by atoms with van der Waals surface area (Å²) in [7, 11) is 0. The van der Waals surface area contributed by atoms with Crippen LogP contribution < -0.4 is 5.32 Å². The van der Waals surface area contributed by atoms with Gasteiger partial charge in [0.05, 0.1) is 6.61 Å². The summed E-state index contributed by atoms with van der Waals surface area (Å²) in [6.45, 7) is 5.94. The van der Waals surface area contributed by atoms with E-state index in [2.05, 4.69) is 23.7 Å². The van der Waals surface area contributed by atoms with Crippen LogP contribution in [0.5, 0.6) is 0 Å². The lowest BCUT2D eigenvalue weighted by Gasteiger charge is -2.21. The number of aryl methyl sites for hydroxylation is 1. The first-order valence-electron chi connectivity index (χ1n) is 7.17. The van der Waals surface area contributed by atoms with Gasteiger partial charge in [-0.25, -0.2) is 0 Å². The molecule has 0 saturated heterocycles. The molecule has 0 bridgehead atoms. The Balaban J connectivity index is 1.47. The van der Waals surface area contributed by atoms with Crippen molar-refractivity contribution in [3.8, 4) is 0 Å². The van der Waals surface area contributed by atoms with E-state index < -0.39 is 0 Å². The third-order valence-corrected chi connectivity index (χ3v) is 4.78. The van der Waals surface area contributed by atoms with Crippen LogP contribution in [0.3, 0.4) is 0 Å². The smallest absolute Gasteiger partial charge is 0.0591 e. The van der Waals surface area contributed by atoms with E-state index in [9.17, 15) is 0 Å². The fraction of sp³-hybridized carbons (Fsp3) is 0.733. The Kier molecular flexibility index (Phi) is 6.18. The fourth-order valence-corrected chi connectivity index (χ4v) is 3.41. The average molecular weight is 267 g/mol. The normalized spacial score (nSPS) is 17.2. The second-order valence-electron chi connectivity index (χ2n) is 5.28. The quantitative estimate of drug-likeness (QED) is 0.760. The Morgan fingerprint density at radius 3 is 2.89 bits per heavy atom. The molecule has 1 fully saturated rings. The predicted molar refractivity (Wildman–Crippen MR) is 78.2 cm³/mol. The summed E-state index contributed by atoms with van der Waals surface area (Å²) in [6.07, 6.45) is 7.00. The second-order valence-corrected chi connectivity index (χ2v) is 6.28. The first-order valence-corrected chi connectivity index (χ1v) is 8.05. The van der Waals surface area contributed by atoms with Gasteiger partial charge in [0.25, 0.3) is 0 Å². The summed E-state index contributed by atoms with van der Waals surface area (Å²) in [5.41, 5.74) is 1.40. The van der Waals surface area contributed by atoms with Gasteiger partial charge in [-0.05, 0) is 42.7 Å². The maximum Gasteiger partial charge on any atom is 0.0591 e. The first kappa shape index (κ1) is 14.0. The number of hydrogen-bond acceptors (Lipinski definition) is 3. The van der Waals surface area contributed by atoms with Crippen molar-refractivity contribution < 1.29 is 4.74 Å². The molecule has 1 aromatic rings. The summed E-state index contributed by atoms with van der Waals surface area (Å²) in [4.78, 5) is 1.45. The van der Waals surface area contributed by atoms with E-state index in [1.165, 1.54) is 42.5 Å². The number of thiophene rings is 1. The van der Waals surface area contributed by atoms with E-state index in [1.54, 1.807) is 0 Å². The van der Waals surface area contributed by atoms with Crippen LogP contribution in [0, 0.1) is 12.8 Å². The molecule has 0 amide bonds. The minimum atomic E-state index is 0.832. The van der Waals surface area contributed by atoms with E-state index in [0.717, 1.165) is 32.2 Å². The minimum absolute atomic E-state index is 0.832. The minimum Gasteiger partial charge on any atom is -0.380 e. The maximum absolute atomic E-state index is 5.76. The predicted octanol–water partition coefficient (Wildman–Crippen LogP) is 3.74. The summed E-state index contributed by atoms with van der Waals surface area (Å²) in [5, 5.41) is 5.61. The highest BCUT2D eigenvalue weighted by Crippen LogP contribution is 2.23. The molecule has 18 heavy (non-hydrogen) atoms. The van der Waals surface area contributed by atoms with Crippen LogP contribution in [0.25, 0.3) is 0 Å². The molecule has 0 aromatic carbocycles. The molecule has 1 saturated carbocycles. The SMILES string of the molecule is Cc1ccsc1CNCCOCC1CCCCC1. The summed E-state index contributed by atoms with van der Waals surface area (Å²) in [6, 6.07) is 2.18. The van der Waals surface area contributed by atoms with Gasteiger partial charge in [0.15, 0.2) is 0 Å². The van der Waals surface area contributed by atoms with Gasteiger partial charge in [-0.15, -0.1) is 11.3 Å². The van der Waals surface area contributed by atoms with Gasteiger partial charge in [0, 0.05) is 24.6 Å². The largest absolute Gasteiger partial charge is 0.380 e. The molecule has 0 aliphatic heterocycles. The van der Waals surface area contributed by atoms with Crippen molar-refractivity contribution in [3.05, 3.63) is 21.9 Å². The molecule has 102 valence electrons. The lowest BCUT2D eigenvalue weighted by atomic mass is 9.90. The topological polar surface area (TPSA) is 21.3 Å². The van der Waals surface area contributed by atoms with E-state index >= 15 is 0 Å². The van der Waals surface area contributed by atoms with Crippen LogP contribution in [0.4, 0.5) is 0 Å². The molecule has 3 heteroatoms. The monoisotopic (exact) mass is 267 g/mol. The van der Waals surface area contributed by atoms with Gasteiger partial charge in [0.2, 0.25) is 0 Å². The number of ether oxygens (including phenoxy) is 1. The molecule has 2 rings (SSSR count). The van der Waals surface area contributed by atoms with Gasteiger partial charge >= 0.3 is 0 Å². The molecule has 2 nitrogen and oxygen atoms in total. The molecule has 0 atom stereocenters. The molecule has 1 heterocycles. The first-order chi connectivity index (χ1) is 8.86. The standard InChI is InChI=1S/C15H25NOS/c1-13-7-10-18-15(13)11-16-8-9-17-12-14-5-3-2-4-6-14/h7,10,14,16H,2-6,8-9,11-12H2,1H3. The Hall–Kier alpha value is -0.380. The summed E-state index contributed by atoms with van der Waals surface area (Å²) in [5.74, 6) is 0.832. The molecule has 1 aliphatic carbocycles. The van der Waals surface area contributed by atoms with Crippen molar-refractivity contribution >= 4 is 11.3 Å². The van der Waals surface area contributed by atoms with Crippen molar-refractivity contribution in [1.29, 1.82) is 0 Å². The van der Waals surface area contributed by atoms with Crippen LogP contribution >= 0.6 is 11.3 Å². The van der Waals surface area contributed by atoms with Gasteiger partial charge in [0.1, 0.15) is 0 Å². The van der Waals surface area contributed by atoms with Gasteiger partial charge in [-0.2, -0.15) is 0 Å². The third-order valence-electron chi connectivity index (χ3n) is 3.76. The Morgan fingerprint density at radius 1 is 1.33 bits per heavy atom. The summed E-state index contributed by atoms with van der Waals surface area (Å²) < 4.78 is 5.76. The van der Waals surface area contributed by atoms with E-state index in [0.29, 0.717) is 0 Å². The Morgan fingerprint density at radius 2 is 2.17 bits per heavy atom. The van der Waals surface area contributed by atoms with E-state index in [1.807, 2.05) is 11.3 Å². The zero-order valence-electron chi connectivity index (χ0n) is 11.4. The van der Waals surface area contributed by atoms with Gasteiger partial charge in [-0.1, -0.05) is 19.3 Å². The zero-order valence-corrected chi connectivity index (χ0v) is 12.2. The lowest BCUT2D eigenvalue weighted by Crippen LogP contribution is -2.21. The number of hydrogen-bond donors (Lipinski definition) is 1. The van der Waals surface area contributed by atoms with Crippen molar-refractivity contribution in [2.24, 2.45) is 5.92 Å². The molecule has 1 N–H and O–H groups in total. The Labute approximate surface area is 115 Å². The van der Waals surface area contributed by atoms with Crippen molar-refractivity contribution in [3.63, 3.8) is 0 Å². The number of nitrogens with one attached hydrogen (secondary N) is 1. The van der Waals surface area contributed by atoms with Crippen LogP contribution in [-0.2, 0) is 11.3 Å². The van der Waals surface area contributed by atoms with E-state index in [4.69, 9.17) is 4.74 Å². The lowest BCUT2D eigenvalue weighted by molar-refractivity contribution is 0.0869. The van der Waals surface area contributed by atoms with Crippen molar-refractivity contribution in [2.75, 3.05) is 19.8 Å². The summed E-state index contributed by atoms with van der Waals surface area (Å²) >= 11 is 1.83. The third kappa shape index (κ3) is 4.71. The Bertz CT molecular complexity index is 331. The second kappa shape index (κ2) is 7.93. The molecular weight excluding hydrogens is 242 g/mol. The molecule has 0 radical (unpaired) electrons. The molecule has 1 aromatic heterocycles. The van der Waals surface area contributed by atoms with Crippen molar-refractivity contribution in [2.45, 2.75) is 45.6 Å². The van der Waals surface area contributed by atoms with Crippen LogP contribution in [0.15, 0.2) is 11.4 Å². The van der Waals surface area contributed by atoms with E-state index in [-0.39, 0.29) is 0 Å². The van der Waals surface area contributed by atoms with Crippen LogP contribution in [0.1, 0.15) is 42.5 Å². The van der Waals surface area contributed by atoms with Gasteiger partial charge in [-0.3, -0.25) is 0 Å². The van der Waals surface area contributed by atoms with Gasteiger partial charge < -0.3 is 10.1 Å². The molecule has 1 aliphatic rings. The van der Waals surface area contributed by atoms with Crippen LogP contribution in [0.2, 0.25) is 0 Å². The van der Waals surface area contributed by atoms with Crippen LogP contribution in [-0.4, -0.2) is 19.8 Å². The highest BCUT2D eigenvalue weighted by Gasteiger charge is 2.12.